The minimum absolute atomic E-state index is 0.0627. The van der Waals surface area contributed by atoms with Crippen molar-refractivity contribution in [2.45, 2.75) is 24.3 Å². The highest BCUT2D eigenvalue weighted by Gasteiger charge is 2.36. The van der Waals surface area contributed by atoms with Gasteiger partial charge in [-0.05, 0) is 50.2 Å². The van der Waals surface area contributed by atoms with Gasteiger partial charge in [-0.25, -0.2) is 8.42 Å². The van der Waals surface area contributed by atoms with E-state index in [0.29, 0.717) is 10.7 Å². The molecule has 2 aromatic rings. The summed E-state index contributed by atoms with van der Waals surface area (Å²) < 4.78 is 24.8. The second-order valence-electron chi connectivity index (χ2n) is 5.81. The third kappa shape index (κ3) is 4.56. The Balaban J connectivity index is 2.15. The predicted molar refractivity (Wildman–Crippen MR) is 93.9 cm³/mol. The van der Waals surface area contributed by atoms with E-state index in [1.54, 1.807) is 36.4 Å². The summed E-state index contributed by atoms with van der Waals surface area (Å²) in [5, 5.41) is 13.3. The Morgan fingerprint density at radius 1 is 1.12 bits per heavy atom. The molecule has 0 fully saturated rings. The minimum atomic E-state index is -3.81. The molecule has 0 heterocycles. The number of amides is 1. The van der Waals surface area contributed by atoms with Crippen LogP contribution < -0.4 is 5.32 Å². The Labute approximate surface area is 146 Å². The van der Waals surface area contributed by atoms with Crippen molar-refractivity contribution in [1.82, 2.24) is 0 Å². The van der Waals surface area contributed by atoms with Crippen molar-refractivity contribution in [2.75, 3.05) is 11.1 Å². The molecule has 0 aromatic heterocycles. The highest BCUT2D eigenvalue weighted by molar-refractivity contribution is 7.91. The Morgan fingerprint density at radius 2 is 1.67 bits per heavy atom. The maximum atomic E-state index is 12.4. The van der Waals surface area contributed by atoms with E-state index in [2.05, 4.69) is 5.32 Å². The molecule has 1 amide bonds. The molecule has 0 bridgehead atoms. The molecule has 24 heavy (non-hydrogen) atoms. The topological polar surface area (TPSA) is 83.5 Å². The molecule has 0 saturated carbocycles. The van der Waals surface area contributed by atoms with Gasteiger partial charge in [0.15, 0.2) is 15.4 Å². The van der Waals surface area contributed by atoms with Gasteiger partial charge >= 0.3 is 0 Å². The summed E-state index contributed by atoms with van der Waals surface area (Å²) in [5.74, 6) is -1.52. The summed E-state index contributed by atoms with van der Waals surface area (Å²) >= 11 is 5.76. The van der Waals surface area contributed by atoms with E-state index in [1.165, 1.54) is 19.1 Å². The standard InChI is InChI=1S/C17H18ClNO4S/c1-12-3-9-15(10-4-12)24(22,23)11-17(2,21)16(20)19-14-7-5-13(18)6-8-14/h3-10,21H,11H2,1-2H3,(H,19,20)/t17-/m1/s1. The third-order valence-corrected chi connectivity index (χ3v) is 5.63. The zero-order chi connectivity index (χ0) is 18.0. The van der Waals surface area contributed by atoms with Crippen LogP contribution in [-0.2, 0) is 14.6 Å². The second kappa shape index (κ2) is 6.93. The van der Waals surface area contributed by atoms with Crippen molar-refractivity contribution in [3.8, 4) is 0 Å². The van der Waals surface area contributed by atoms with E-state index in [4.69, 9.17) is 11.6 Å². The fourth-order valence-corrected chi connectivity index (χ4v) is 3.78. The van der Waals surface area contributed by atoms with E-state index >= 15 is 0 Å². The second-order valence-corrected chi connectivity index (χ2v) is 8.23. The highest BCUT2D eigenvalue weighted by atomic mass is 35.5. The van der Waals surface area contributed by atoms with E-state index in [0.717, 1.165) is 5.56 Å². The van der Waals surface area contributed by atoms with Gasteiger partial charge in [-0.1, -0.05) is 29.3 Å². The number of aliphatic hydroxyl groups is 1. The molecule has 0 spiro atoms. The van der Waals surface area contributed by atoms with Crippen molar-refractivity contribution in [1.29, 1.82) is 0 Å². The van der Waals surface area contributed by atoms with Crippen LogP contribution in [0.3, 0.4) is 0 Å². The SMILES string of the molecule is Cc1ccc(S(=O)(=O)C[C@@](C)(O)C(=O)Nc2ccc(Cl)cc2)cc1. The average molecular weight is 368 g/mol. The number of hydrogen-bond donors (Lipinski definition) is 2. The quantitative estimate of drug-likeness (QED) is 0.851. The van der Waals surface area contributed by atoms with Crippen LogP contribution in [0.25, 0.3) is 0 Å². The Hall–Kier alpha value is -1.89. The van der Waals surface area contributed by atoms with Crippen LogP contribution in [0.4, 0.5) is 5.69 Å². The molecule has 0 radical (unpaired) electrons. The monoisotopic (exact) mass is 367 g/mol. The van der Waals surface area contributed by atoms with E-state index in [-0.39, 0.29) is 4.90 Å². The smallest absolute Gasteiger partial charge is 0.257 e. The number of aryl methyl sites for hydroxylation is 1. The zero-order valence-corrected chi connectivity index (χ0v) is 14.9. The summed E-state index contributed by atoms with van der Waals surface area (Å²) in [6.07, 6.45) is 0. The van der Waals surface area contributed by atoms with Crippen LogP contribution in [0, 0.1) is 6.92 Å². The van der Waals surface area contributed by atoms with Gasteiger partial charge in [0, 0.05) is 10.7 Å². The first kappa shape index (κ1) is 18.4. The van der Waals surface area contributed by atoms with E-state index < -0.39 is 27.1 Å². The summed E-state index contributed by atoms with van der Waals surface area (Å²) in [7, 11) is -3.81. The maximum Gasteiger partial charge on any atom is 0.257 e. The molecular weight excluding hydrogens is 350 g/mol. The largest absolute Gasteiger partial charge is 0.379 e. The van der Waals surface area contributed by atoms with Crippen molar-refractivity contribution >= 4 is 33.0 Å². The Bertz CT molecular complexity index is 828. The van der Waals surface area contributed by atoms with Crippen molar-refractivity contribution in [3.63, 3.8) is 0 Å². The summed E-state index contributed by atoms with van der Waals surface area (Å²) in [6, 6.07) is 12.5. The summed E-state index contributed by atoms with van der Waals surface area (Å²) in [5.41, 5.74) is -0.748. The lowest BCUT2D eigenvalue weighted by atomic mass is 10.1. The average Bonchev–Trinajstić information content (AvgIpc) is 2.49. The molecule has 7 heteroatoms. The predicted octanol–water partition coefficient (Wildman–Crippen LogP) is 2.81. The lowest BCUT2D eigenvalue weighted by Gasteiger charge is -2.22. The fraction of sp³-hybridized carbons (Fsp3) is 0.235. The molecule has 5 nitrogen and oxygen atoms in total. The minimum Gasteiger partial charge on any atom is -0.379 e. The summed E-state index contributed by atoms with van der Waals surface area (Å²) in [4.78, 5) is 12.3. The van der Waals surface area contributed by atoms with Gasteiger partial charge in [0.05, 0.1) is 10.6 Å². The number of carbonyl (C=O) groups excluding carboxylic acids is 1. The van der Waals surface area contributed by atoms with Gasteiger partial charge in [-0.3, -0.25) is 4.79 Å². The summed E-state index contributed by atoms with van der Waals surface area (Å²) in [6.45, 7) is 3.01. The van der Waals surface area contributed by atoms with Crippen LogP contribution in [0.1, 0.15) is 12.5 Å². The molecule has 0 aliphatic heterocycles. The number of rotatable bonds is 5. The zero-order valence-electron chi connectivity index (χ0n) is 13.3. The number of hydrogen-bond acceptors (Lipinski definition) is 4. The molecule has 2 aromatic carbocycles. The molecule has 128 valence electrons. The number of carbonyl (C=O) groups is 1. The number of benzene rings is 2. The molecule has 0 aliphatic rings. The molecule has 0 saturated heterocycles. The lowest BCUT2D eigenvalue weighted by molar-refractivity contribution is -0.130. The van der Waals surface area contributed by atoms with Gasteiger partial charge in [0.1, 0.15) is 0 Å². The normalized spacial score (nSPS) is 14.0. The van der Waals surface area contributed by atoms with Gasteiger partial charge in [0.2, 0.25) is 0 Å². The Morgan fingerprint density at radius 3 is 2.21 bits per heavy atom. The first-order valence-corrected chi connectivity index (χ1v) is 9.22. The van der Waals surface area contributed by atoms with Crippen LogP contribution >= 0.6 is 11.6 Å². The van der Waals surface area contributed by atoms with Gasteiger partial charge in [-0.2, -0.15) is 0 Å². The highest BCUT2D eigenvalue weighted by Crippen LogP contribution is 2.20. The van der Waals surface area contributed by atoms with Crippen molar-refractivity contribution in [2.24, 2.45) is 0 Å². The molecule has 2 rings (SSSR count). The van der Waals surface area contributed by atoms with Crippen LogP contribution in [0.15, 0.2) is 53.4 Å². The molecule has 1 atom stereocenters. The van der Waals surface area contributed by atoms with E-state index in [1.807, 2.05) is 6.92 Å². The van der Waals surface area contributed by atoms with Gasteiger partial charge in [-0.15, -0.1) is 0 Å². The molecule has 0 unspecified atom stereocenters. The number of anilines is 1. The number of halogens is 1. The van der Waals surface area contributed by atoms with Crippen LogP contribution in [0.2, 0.25) is 5.02 Å². The first-order chi connectivity index (χ1) is 11.1. The van der Waals surface area contributed by atoms with Crippen molar-refractivity contribution in [3.05, 3.63) is 59.1 Å². The molecular formula is C17H18ClNO4S. The third-order valence-electron chi connectivity index (χ3n) is 3.44. The Kier molecular flexibility index (Phi) is 5.32. The maximum absolute atomic E-state index is 12.4. The molecule has 2 N–H and O–H groups in total. The lowest BCUT2D eigenvalue weighted by Crippen LogP contribution is -2.45. The van der Waals surface area contributed by atoms with Crippen LogP contribution in [0.5, 0.6) is 0 Å². The van der Waals surface area contributed by atoms with Gasteiger partial charge in [0.25, 0.3) is 5.91 Å². The van der Waals surface area contributed by atoms with Crippen LogP contribution in [-0.4, -0.2) is 30.8 Å². The van der Waals surface area contributed by atoms with E-state index in [9.17, 15) is 18.3 Å². The van der Waals surface area contributed by atoms with Gasteiger partial charge < -0.3 is 10.4 Å². The number of sulfone groups is 1. The molecule has 0 aliphatic carbocycles. The van der Waals surface area contributed by atoms with Crippen molar-refractivity contribution < 1.29 is 18.3 Å². The number of nitrogens with one attached hydrogen (secondary N) is 1. The fourth-order valence-electron chi connectivity index (χ4n) is 2.06. The first-order valence-electron chi connectivity index (χ1n) is 7.19.